The molecule has 1 aromatic rings. The van der Waals surface area contributed by atoms with E-state index in [4.69, 9.17) is 4.74 Å². The van der Waals surface area contributed by atoms with E-state index in [0.717, 1.165) is 45.0 Å². The number of carbonyl (C=O) groups excluding carboxylic acids is 1. The van der Waals surface area contributed by atoms with Crippen molar-refractivity contribution in [1.82, 2.24) is 9.80 Å². The lowest BCUT2D eigenvalue weighted by molar-refractivity contribution is -0.135. The number of hydrogen-bond acceptors (Lipinski definition) is 3. The van der Waals surface area contributed by atoms with E-state index < -0.39 is 5.41 Å². The van der Waals surface area contributed by atoms with E-state index in [1.807, 2.05) is 18.7 Å². The van der Waals surface area contributed by atoms with Gasteiger partial charge in [-0.1, -0.05) is 19.1 Å². The Morgan fingerprint density at radius 3 is 2.42 bits per heavy atom. The minimum Gasteiger partial charge on any atom is -0.379 e. The lowest BCUT2D eigenvalue weighted by Gasteiger charge is -2.34. The van der Waals surface area contributed by atoms with Crippen LogP contribution in [-0.4, -0.2) is 61.1 Å². The zero-order chi connectivity index (χ0) is 17.3. The summed E-state index contributed by atoms with van der Waals surface area (Å²) in [6, 6.07) is 6.68. The van der Waals surface area contributed by atoms with Crippen molar-refractivity contribution in [3.8, 4) is 0 Å². The summed E-state index contributed by atoms with van der Waals surface area (Å²) in [6.07, 6.45) is 0. The number of ether oxygens (including phenoxy) is 1. The molecule has 0 spiro atoms. The van der Waals surface area contributed by atoms with Crippen LogP contribution in [0.1, 0.15) is 26.3 Å². The molecule has 0 radical (unpaired) electrons. The van der Waals surface area contributed by atoms with E-state index >= 15 is 0 Å². The Morgan fingerprint density at radius 2 is 1.79 bits per heavy atom. The number of likely N-dealkylation sites (tertiary alicyclic amines) is 1. The van der Waals surface area contributed by atoms with Crippen molar-refractivity contribution >= 4 is 5.91 Å². The molecule has 0 aromatic heterocycles. The number of halogens is 1. The van der Waals surface area contributed by atoms with Crippen LogP contribution >= 0.6 is 0 Å². The lowest BCUT2D eigenvalue weighted by atomic mass is 9.83. The Kier molecular flexibility index (Phi) is 4.92. The van der Waals surface area contributed by atoms with Gasteiger partial charge >= 0.3 is 0 Å². The van der Waals surface area contributed by atoms with E-state index in [9.17, 15) is 9.18 Å². The van der Waals surface area contributed by atoms with Gasteiger partial charge in [-0.2, -0.15) is 0 Å². The van der Waals surface area contributed by atoms with Crippen LogP contribution in [0.2, 0.25) is 0 Å². The summed E-state index contributed by atoms with van der Waals surface area (Å²) >= 11 is 0. The Bertz CT molecular complexity index is 582. The number of carbonyl (C=O) groups is 1. The molecule has 0 N–H and O–H groups in total. The predicted octanol–water partition coefficient (Wildman–Crippen LogP) is 2.28. The first kappa shape index (κ1) is 17.4. The fraction of sp³-hybridized carbons (Fsp3) is 0.632. The fourth-order valence-corrected chi connectivity index (χ4v) is 3.89. The molecule has 1 aromatic carbocycles. The third-order valence-electron chi connectivity index (χ3n) is 5.48. The van der Waals surface area contributed by atoms with Crippen molar-refractivity contribution in [3.63, 3.8) is 0 Å². The van der Waals surface area contributed by atoms with E-state index in [0.29, 0.717) is 12.0 Å². The van der Waals surface area contributed by atoms with E-state index in [1.54, 1.807) is 12.1 Å². The zero-order valence-electron chi connectivity index (χ0n) is 14.8. The minimum atomic E-state index is -0.646. The highest BCUT2D eigenvalue weighted by Gasteiger charge is 2.41. The number of hydrogen-bond donors (Lipinski definition) is 0. The van der Waals surface area contributed by atoms with Gasteiger partial charge in [0.25, 0.3) is 0 Å². The minimum absolute atomic E-state index is 0.122. The maximum absolute atomic E-state index is 13.2. The molecule has 2 atom stereocenters. The molecule has 2 aliphatic heterocycles. The number of benzene rings is 1. The topological polar surface area (TPSA) is 32.8 Å². The van der Waals surface area contributed by atoms with Crippen molar-refractivity contribution in [2.45, 2.75) is 32.2 Å². The van der Waals surface area contributed by atoms with Crippen molar-refractivity contribution in [2.75, 3.05) is 39.4 Å². The van der Waals surface area contributed by atoms with Gasteiger partial charge in [0.15, 0.2) is 0 Å². The van der Waals surface area contributed by atoms with E-state index in [2.05, 4.69) is 11.8 Å². The predicted molar refractivity (Wildman–Crippen MR) is 91.4 cm³/mol. The van der Waals surface area contributed by atoms with Gasteiger partial charge in [-0.05, 0) is 37.5 Å². The Labute approximate surface area is 143 Å². The van der Waals surface area contributed by atoms with Crippen molar-refractivity contribution in [3.05, 3.63) is 35.6 Å². The molecule has 2 aliphatic rings. The molecule has 2 saturated heterocycles. The molecule has 2 heterocycles. The van der Waals surface area contributed by atoms with Gasteiger partial charge in [-0.3, -0.25) is 9.69 Å². The summed E-state index contributed by atoms with van der Waals surface area (Å²) in [6.45, 7) is 11.1. The zero-order valence-corrected chi connectivity index (χ0v) is 14.8. The average molecular weight is 334 g/mol. The van der Waals surface area contributed by atoms with Gasteiger partial charge < -0.3 is 9.64 Å². The highest BCUT2D eigenvalue weighted by Crippen LogP contribution is 2.30. The Balaban J connectivity index is 1.71. The SMILES string of the molecule is C[C@H]1CN(C(=O)C(C)(C)c2ccc(F)cc2)C[C@H]1N1CCOCC1. The summed E-state index contributed by atoms with van der Waals surface area (Å²) in [5, 5.41) is 0. The maximum atomic E-state index is 13.2. The molecule has 4 nitrogen and oxygen atoms in total. The van der Waals surface area contributed by atoms with Gasteiger partial charge in [0.1, 0.15) is 5.82 Å². The van der Waals surface area contributed by atoms with Crippen molar-refractivity contribution < 1.29 is 13.9 Å². The van der Waals surface area contributed by atoms with Gasteiger partial charge in [0.05, 0.1) is 18.6 Å². The summed E-state index contributed by atoms with van der Waals surface area (Å²) in [7, 11) is 0. The summed E-state index contributed by atoms with van der Waals surface area (Å²) in [5.74, 6) is 0.303. The van der Waals surface area contributed by atoms with Crippen molar-refractivity contribution in [2.24, 2.45) is 5.92 Å². The maximum Gasteiger partial charge on any atom is 0.232 e. The number of amides is 1. The number of morpholine rings is 1. The third-order valence-corrected chi connectivity index (χ3v) is 5.48. The summed E-state index contributed by atoms with van der Waals surface area (Å²) in [5.41, 5.74) is 0.212. The molecule has 24 heavy (non-hydrogen) atoms. The first-order valence-corrected chi connectivity index (χ1v) is 8.77. The monoisotopic (exact) mass is 334 g/mol. The Morgan fingerprint density at radius 1 is 1.17 bits per heavy atom. The van der Waals surface area contributed by atoms with Crippen LogP contribution in [0, 0.1) is 11.7 Å². The van der Waals surface area contributed by atoms with E-state index in [-0.39, 0.29) is 11.7 Å². The fourth-order valence-electron chi connectivity index (χ4n) is 3.89. The second kappa shape index (κ2) is 6.81. The van der Waals surface area contributed by atoms with Gasteiger partial charge in [0.2, 0.25) is 5.91 Å². The second-order valence-electron chi connectivity index (χ2n) is 7.54. The standard InChI is InChI=1S/C19H27FN2O2/c1-14-12-22(13-17(14)21-8-10-24-11-9-21)18(23)19(2,3)15-4-6-16(20)7-5-15/h4-7,14,17H,8-13H2,1-3H3/t14-,17+/m0/s1. The van der Waals surface area contributed by atoms with Crippen LogP contribution in [-0.2, 0) is 14.9 Å². The molecule has 0 aliphatic carbocycles. The first-order chi connectivity index (χ1) is 11.4. The van der Waals surface area contributed by atoms with Crippen LogP contribution in [0.25, 0.3) is 0 Å². The van der Waals surface area contributed by atoms with Gasteiger partial charge in [0, 0.05) is 32.2 Å². The van der Waals surface area contributed by atoms with Gasteiger partial charge in [-0.15, -0.1) is 0 Å². The second-order valence-corrected chi connectivity index (χ2v) is 7.54. The lowest BCUT2D eigenvalue weighted by Crippen LogP contribution is -2.48. The molecule has 5 heteroatoms. The molecule has 132 valence electrons. The van der Waals surface area contributed by atoms with E-state index in [1.165, 1.54) is 12.1 Å². The highest BCUT2D eigenvalue weighted by molar-refractivity contribution is 5.87. The highest BCUT2D eigenvalue weighted by atomic mass is 19.1. The van der Waals surface area contributed by atoms with Crippen molar-refractivity contribution in [1.29, 1.82) is 0 Å². The van der Waals surface area contributed by atoms with Crippen LogP contribution in [0.3, 0.4) is 0 Å². The third kappa shape index (κ3) is 3.33. The first-order valence-electron chi connectivity index (χ1n) is 8.77. The quantitative estimate of drug-likeness (QED) is 0.850. The average Bonchev–Trinajstić information content (AvgIpc) is 2.97. The van der Waals surface area contributed by atoms with Crippen LogP contribution in [0.4, 0.5) is 4.39 Å². The molecule has 3 rings (SSSR count). The Hall–Kier alpha value is -1.46. The molecule has 0 unspecified atom stereocenters. The normalized spacial score (nSPS) is 25.9. The summed E-state index contributed by atoms with van der Waals surface area (Å²) < 4.78 is 18.6. The molecule has 0 bridgehead atoms. The largest absolute Gasteiger partial charge is 0.379 e. The number of nitrogens with zero attached hydrogens (tertiary/aromatic N) is 2. The van der Waals surface area contributed by atoms with Crippen LogP contribution < -0.4 is 0 Å². The molecule has 0 saturated carbocycles. The summed E-state index contributed by atoms with van der Waals surface area (Å²) in [4.78, 5) is 17.5. The molecular weight excluding hydrogens is 307 g/mol. The molecule has 1 amide bonds. The van der Waals surface area contributed by atoms with Gasteiger partial charge in [-0.25, -0.2) is 4.39 Å². The molecule has 2 fully saturated rings. The van der Waals surface area contributed by atoms with Crippen LogP contribution in [0.5, 0.6) is 0 Å². The molecular formula is C19H27FN2O2. The number of rotatable bonds is 3. The smallest absolute Gasteiger partial charge is 0.232 e. The van der Waals surface area contributed by atoms with Crippen LogP contribution in [0.15, 0.2) is 24.3 Å².